The van der Waals surface area contributed by atoms with E-state index in [-0.39, 0.29) is 5.84 Å². The lowest BCUT2D eigenvalue weighted by molar-refractivity contribution is 0.857. The molecule has 3 N–H and O–H groups in total. The molecular formula is C11H18N4. The zero-order valence-electron chi connectivity index (χ0n) is 9.33. The molecule has 0 radical (unpaired) electrons. The summed E-state index contributed by atoms with van der Waals surface area (Å²) in [4.78, 5) is 6.31. The Balaban J connectivity index is 2.99. The van der Waals surface area contributed by atoms with Crippen molar-refractivity contribution >= 4 is 11.5 Å². The summed E-state index contributed by atoms with van der Waals surface area (Å²) in [6, 6.07) is 1.98. The number of rotatable bonds is 5. The first-order valence-corrected chi connectivity index (χ1v) is 5.19. The molecule has 0 aliphatic heterocycles. The van der Waals surface area contributed by atoms with Gasteiger partial charge in [-0.25, -0.2) is 0 Å². The predicted octanol–water partition coefficient (Wildman–Crippen LogP) is 1.41. The maximum absolute atomic E-state index is 7.32. The monoisotopic (exact) mass is 206 g/mol. The van der Waals surface area contributed by atoms with Crippen molar-refractivity contribution in [2.24, 2.45) is 5.73 Å². The molecule has 0 unspecified atom stereocenters. The fraction of sp³-hybridized carbons (Fsp3) is 0.455. The van der Waals surface area contributed by atoms with Crippen LogP contribution in [-0.2, 0) is 6.42 Å². The van der Waals surface area contributed by atoms with Gasteiger partial charge in [0.2, 0.25) is 0 Å². The van der Waals surface area contributed by atoms with Crippen molar-refractivity contribution in [2.75, 3.05) is 18.0 Å². The van der Waals surface area contributed by atoms with Gasteiger partial charge in [0.25, 0.3) is 0 Å². The molecular weight excluding hydrogens is 188 g/mol. The summed E-state index contributed by atoms with van der Waals surface area (Å²) in [5.74, 6) is 0.177. The molecule has 0 spiro atoms. The molecule has 1 aromatic rings. The van der Waals surface area contributed by atoms with E-state index in [0.29, 0.717) is 6.42 Å². The highest BCUT2D eigenvalue weighted by Gasteiger charge is 2.08. The van der Waals surface area contributed by atoms with Crippen LogP contribution in [0.2, 0.25) is 0 Å². The maximum Gasteiger partial charge on any atom is 0.0951 e. The maximum atomic E-state index is 7.32. The second-order valence-electron chi connectivity index (χ2n) is 3.38. The third kappa shape index (κ3) is 2.94. The predicted molar refractivity (Wildman–Crippen MR) is 63.4 cm³/mol. The Kier molecular flexibility index (Phi) is 4.09. The molecule has 0 aromatic carbocycles. The van der Waals surface area contributed by atoms with Crippen LogP contribution in [0.25, 0.3) is 0 Å². The summed E-state index contributed by atoms with van der Waals surface area (Å²) in [6.45, 7) is 6.12. The topological polar surface area (TPSA) is 66.0 Å². The molecule has 4 nitrogen and oxygen atoms in total. The van der Waals surface area contributed by atoms with Crippen molar-refractivity contribution in [1.82, 2.24) is 4.98 Å². The van der Waals surface area contributed by atoms with E-state index in [9.17, 15) is 0 Å². The van der Waals surface area contributed by atoms with Gasteiger partial charge in [-0.2, -0.15) is 0 Å². The molecule has 1 aromatic heterocycles. The molecule has 1 rings (SSSR count). The molecule has 0 bridgehead atoms. The van der Waals surface area contributed by atoms with Crippen molar-refractivity contribution in [1.29, 1.82) is 5.41 Å². The largest absolute Gasteiger partial charge is 0.387 e. The van der Waals surface area contributed by atoms with Crippen molar-refractivity contribution < 1.29 is 0 Å². The van der Waals surface area contributed by atoms with E-state index < -0.39 is 0 Å². The van der Waals surface area contributed by atoms with Gasteiger partial charge in [-0.05, 0) is 19.9 Å². The summed E-state index contributed by atoms with van der Waals surface area (Å²) < 4.78 is 0. The standard InChI is InChI=1S/C11H18N4/c1-3-15(4-2)10-5-6-14-8-9(10)7-11(12)13/h5-6,8H,3-4,7H2,1-2H3,(H3,12,13). The molecule has 1 heterocycles. The highest BCUT2D eigenvalue weighted by molar-refractivity contribution is 5.81. The van der Waals surface area contributed by atoms with Crippen LogP contribution in [0.1, 0.15) is 19.4 Å². The Morgan fingerprint density at radius 1 is 1.47 bits per heavy atom. The SMILES string of the molecule is CCN(CC)c1ccncc1CC(=N)N. The molecule has 0 atom stereocenters. The smallest absolute Gasteiger partial charge is 0.0951 e. The second-order valence-corrected chi connectivity index (χ2v) is 3.38. The van der Waals surface area contributed by atoms with Gasteiger partial charge in [0.1, 0.15) is 0 Å². The number of nitrogens with zero attached hydrogens (tertiary/aromatic N) is 2. The van der Waals surface area contributed by atoms with Gasteiger partial charge in [0, 0.05) is 43.2 Å². The van der Waals surface area contributed by atoms with Crippen LogP contribution in [0, 0.1) is 5.41 Å². The highest BCUT2D eigenvalue weighted by Crippen LogP contribution is 2.19. The van der Waals surface area contributed by atoms with Crippen LogP contribution >= 0.6 is 0 Å². The van der Waals surface area contributed by atoms with E-state index in [1.807, 2.05) is 6.07 Å². The minimum atomic E-state index is 0.177. The number of hydrogen-bond donors (Lipinski definition) is 2. The summed E-state index contributed by atoms with van der Waals surface area (Å²) in [6.07, 6.45) is 4.03. The number of nitrogens with one attached hydrogen (secondary N) is 1. The number of hydrogen-bond acceptors (Lipinski definition) is 3. The molecule has 0 amide bonds. The third-order valence-electron chi connectivity index (χ3n) is 2.36. The number of amidine groups is 1. The van der Waals surface area contributed by atoms with E-state index >= 15 is 0 Å². The van der Waals surface area contributed by atoms with Gasteiger partial charge < -0.3 is 10.6 Å². The van der Waals surface area contributed by atoms with Crippen LogP contribution < -0.4 is 10.6 Å². The zero-order chi connectivity index (χ0) is 11.3. The number of anilines is 1. The average molecular weight is 206 g/mol. The van der Waals surface area contributed by atoms with Crippen LogP contribution in [0.3, 0.4) is 0 Å². The molecule has 0 fully saturated rings. The van der Waals surface area contributed by atoms with Crippen molar-refractivity contribution in [3.63, 3.8) is 0 Å². The van der Waals surface area contributed by atoms with E-state index in [2.05, 4.69) is 23.7 Å². The number of nitrogens with two attached hydrogens (primary N) is 1. The van der Waals surface area contributed by atoms with Gasteiger partial charge in [0.05, 0.1) is 5.84 Å². The number of aromatic nitrogens is 1. The van der Waals surface area contributed by atoms with Gasteiger partial charge in [-0.15, -0.1) is 0 Å². The van der Waals surface area contributed by atoms with E-state index in [1.165, 1.54) is 0 Å². The van der Waals surface area contributed by atoms with Crippen LogP contribution in [0.15, 0.2) is 18.5 Å². The minimum Gasteiger partial charge on any atom is -0.387 e. The van der Waals surface area contributed by atoms with Gasteiger partial charge >= 0.3 is 0 Å². The Morgan fingerprint density at radius 3 is 2.67 bits per heavy atom. The van der Waals surface area contributed by atoms with Gasteiger partial charge in [-0.3, -0.25) is 10.4 Å². The van der Waals surface area contributed by atoms with Crippen LogP contribution in [0.4, 0.5) is 5.69 Å². The lowest BCUT2D eigenvalue weighted by atomic mass is 10.1. The van der Waals surface area contributed by atoms with Crippen molar-refractivity contribution in [2.45, 2.75) is 20.3 Å². The summed E-state index contributed by atoms with van der Waals surface area (Å²) in [5, 5.41) is 7.32. The van der Waals surface area contributed by atoms with E-state index in [4.69, 9.17) is 11.1 Å². The summed E-state index contributed by atoms with van der Waals surface area (Å²) in [5.41, 5.74) is 7.57. The first-order valence-electron chi connectivity index (χ1n) is 5.19. The number of pyridine rings is 1. The molecule has 0 aliphatic carbocycles. The average Bonchev–Trinajstić information content (AvgIpc) is 2.21. The van der Waals surface area contributed by atoms with E-state index in [1.54, 1.807) is 12.4 Å². The molecule has 4 heteroatoms. The van der Waals surface area contributed by atoms with Crippen LogP contribution in [-0.4, -0.2) is 23.9 Å². The van der Waals surface area contributed by atoms with Gasteiger partial charge in [0.15, 0.2) is 0 Å². The Bertz CT molecular complexity index is 331. The Hall–Kier alpha value is -1.58. The summed E-state index contributed by atoms with van der Waals surface area (Å²) >= 11 is 0. The van der Waals surface area contributed by atoms with E-state index in [0.717, 1.165) is 24.3 Å². The first-order chi connectivity index (χ1) is 7.19. The quantitative estimate of drug-likeness (QED) is 0.565. The molecule has 0 saturated heterocycles. The lowest BCUT2D eigenvalue weighted by Crippen LogP contribution is -2.24. The molecule has 0 saturated carbocycles. The normalized spacial score (nSPS) is 10.0. The van der Waals surface area contributed by atoms with Crippen molar-refractivity contribution in [3.8, 4) is 0 Å². The fourth-order valence-corrected chi connectivity index (χ4v) is 1.63. The molecule has 82 valence electrons. The second kappa shape index (κ2) is 5.34. The molecule has 15 heavy (non-hydrogen) atoms. The van der Waals surface area contributed by atoms with Gasteiger partial charge in [-0.1, -0.05) is 0 Å². The Morgan fingerprint density at radius 2 is 2.13 bits per heavy atom. The third-order valence-corrected chi connectivity index (χ3v) is 2.36. The first kappa shape index (κ1) is 11.5. The minimum absolute atomic E-state index is 0.177. The molecule has 0 aliphatic rings. The van der Waals surface area contributed by atoms with Crippen molar-refractivity contribution in [3.05, 3.63) is 24.0 Å². The summed E-state index contributed by atoms with van der Waals surface area (Å²) in [7, 11) is 0. The highest BCUT2D eigenvalue weighted by atomic mass is 15.1. The lowest BCUT2D eigenvalue weighted by Gasteiger charge is -2.23. The van der Waals surface area contributed by atoms with Crippen LogP contribution in [0.5, 0.6) is 0 Å². The zero-order valence-corrected chi connectivity index (χ0v) is 9.33. The fourth-order valence-electron chi connectivity index (χ4n) is 1.63. The Labute approximate surface area is 90.6 Å².